The molecule has 0 radical (unpaired) electrons. The number of hydrazine groups is 1. The molecule has 3 amide bonds. The third kappa shape index (κ3) is 8.15. The molecule has 0 atom stereocenters. The summed E-state index contributed by atoms with van der Waals surface area (Å²) in [5.41, 5.74) is 4.52. The molecule has 0 spiro atoms. The lowest BCUT2D eigenvalue weighted by molar-refractivity contribution is -0.128. The van der Waals surface area contributed by atoms with Gasteiger partial charge < -0.3 is 10.1 Å². The Kier molecular flexibility index (Phi) is 8.98. The molecule has 2 aromatic rings. The zero-order chi connectivity index (χ0) is 21.2. The quantitative estimate of drug-likeness (QED) is 0.415. The van der Waals surface area contributed by atoms with E-state index in [4.69, 9.17) is 39.5 Å². The molecule has 11 heteroatoms. The van der Waals surface area contributed by atoms with Crippen LogP contribution in [0.5, 0.6) is 5.75 Å². The Hall–Kier alpha value is -2.55. The maximum atomic E-state index is 11.8. The summed E-state index contributed by atoms with van der Waals surface area (Å²) >= 11 is 17.5. The number of carbonyl (C=O) groups is 3. The number of hydrogen-bond donors (Lipinski definition) is 3. The summed E-state index contributed by atoms with van der Waals surface area (Å²) in [5, 5.41) is 3.59. The Morgan fingerprint density at radius 1 is 0.966 bits per heavy atom. The maximum Gasteiger partial charge on any atom is 0.270 e. The monoisotopic (exact) mass is 458 g/mol. The number of carbonyl (C=O) groups excluding carboxylic acids is 3. The molecule has 8 nitrogen and oxygen atoms in total. The molecule has 1 heterocycles. The van der Waals surface area contributed by atoms with Crippen molar-refractivity contribution in [3.63, 3.8) is 0 Å². The zero-order valence-electron chi connectivity index (χ0n) is 15.0. The molecule has 0 saturated carbocycles. The standard InChI is InChI=1S/C18H17Cl3N4O4/c19-11-3-4-15(13(21)8-11)29-7-1-2-16(26)24-25-17(27)10-23-18(28)14-9-12(20)5-6-22-14/h3-6,8-9H,1-2,7,10H2,(H,23,28)(H,24,26)(H,25,27). The van der Waals surface area contributed by atoms with E-state index in [0.29, 0.717) is 27.2 Å². The largest absolute Gasteiger partial charge is 0.492 e. The van der Waals surface area contributed by atoms with Crippen molar-refractivity contribution in [3.05, 3.63) is 57.3 Å². The first-order valence-corrected chi connectivity index (χ1v) is 9.54. The summed E-state index contributed by atoms with van der Waals surface area (Å²) in [6.45, 7) is -0.0864. The predicted molar refractivity (Wildman–Crippen MR) is 109 cm³/mol. The molecule has 2 rings (SSSR count). The lowest BCUT2D eigenvalue weighted by Gasteiger charge is -2.10. The molecule has 154 valence electrons. The van der Waals surface area contributed by atoms with Gasteiger partial charge in [0.15, 0.2) is 0 Å². The van der Waals surface area contributed by atoms with Gasteiger partial charge in [-0.3, -0.25) is 30.2 Å². The van der Waals surface area contributed by atoms with Crippen LogP contribution in [0, 0.1) is 0 Å². The second-order valence-electron chi connectivity index (χ2n) is 5.67. The Bertz CT molecular complexity index is 895. The number of aromatic nitrogens is 1. The number of rotatable bonds is 8. The fraction of sp³-hybridized carbons (Fsp3) is 0.222. The Morgan fingerprint density at radius 2 is 1.69 bits per heavy atom. The molecule has 0 aliphatic carbocycles. The third-order valence-electron chi connectivity index (χ3n) is 3.41. The number of hydrogen-bond acceptors (Lipinski definition) is 5. The van der Waals surface area contributed by atoms with Crippen LogP contribution in [-0.2, 0) is 9.59 Å². The first-order valence-electron chi connectivity index (χ1n) is 8.40. The number of pyridine rings is 1. The van der Waals surface area contributed by atoms with Crippen molar-refractivity contribution in [2.24, 2.45) is 0 Å². The lowest BCUT2D eigenvalue weighted by atomic mass is 10.3. The van der Waals surface area contributed by atoms with Crippen molar-refractivity contribution in [2.75, 3.05) is 13.2 Å². The van der Waals surface area contributed by atoms with Crippen molar-refractivity contribution < 1.29 is 19.1 Å². The van der Waals surface area contributed by atoms with Crippen molar-refractivity contribution in [1.29, 1.82) is 0 Å². The van der Waals surface area contributed by atoms with E-state index < -0.39 is 17.7 Å². The molecule has 0 fully saturated rings. The molecule has 1 aromatic carbocycles. The highest BCUT2D eigenvalue weighted by molar-refractivity contribution is 6.35. The van der Waals surface area contributed by atoms with Crippen LogP contribution in [0.25, 0.3) is 0 Å². The van der Waals surface area contributed by atoms with Crippen LogP contribution in [0.15, 0.2) is 36.5 Å². The fourth-order valence-electron chi connectivity index (χ4n) is 2.03. The van der Waals surface area contributed by atoms with E-state index in [9.17, 15) is 14.4 Å². The summed E-state index contributed by atoms with van der Waals surface area (Å²) in [6, 6.07) is 7.73. The summed E-state index contributed by atoms with van der Waals surface area (Å²) in [5.74, 6) is -1.10. The Morgan fingerprint density at radius 3 is 2.41 bits per heavy atom. The van der Waals surface area contributed by atoms with E-state index in [2.05, 4.69) is 21.2 Å². The molecule has 29 heavy (non-hydrogen) atoms. The molecule has 0 saturated heterocycles. The fourth-order valence-corrected chi connectivity index (χ4v) is 2.66. The van der Waals surface area contributed by atoms with E-state index in [-0.39, 0.29) is 25.3 Å². The second kappa shape index (κ2) is 11.5. The molecule has 0 aliphatic rings. The van der Waals surface area contributed by atoms with Crippen LogP contribution in [0.2, 0.25) is 15.1 Å². The van der Waals surface area contributed by atoms with Crippen molar-refractivity contribution in [1.82, 2.24) is 21.2 Å². The van der Waals surface area contributed by atoms with Crippen LogP contribution >= 0.6 is 34.8 Å². The van der Waals surface area contributed by atoms with Gasteiger partial charge >= 0.3 is 0 Å². The van der Waals surface area contributed by atoms with Gasteiger partial charge in [-0.05, 0) is 36.8 Å². The van der Waals surface area contributed by atoms with Gasteiger partial charge in [0.05, 0.1) is 18.2 Å². The van der Waals surface area contributed by atoms with Gasteiger partial charge in [-0.25, -0.2) is 0 Å². The van der Waals surface area contributed by atoms with Gasteiger partial charge in [-0.15, -0.1) is 0 Å². The second-order valence-corrected chi connectivity index (χ2v) is 6.95. The van der Waals surface area contributed by atoms with Crippen LogP contribution in [0.1, 0.15) is 23.3 Å². The molecule has 0 aliphatic heterocycles. The Balaban J connectivity index is 1.60. The number of amides is 3. The summed E-state index contributed by atoms with van der Waals surface area (Å²) in [4.78, 5) is 39.1. The number of benzene rings is 1. The molecular weight excluding hydrogens is 443 g/mol. The zero-order valence-corrected chi connectivity index (χ0v) is 17.3. The van der Waals surface area contributed by atoms with Gasteiger partial charge in [0.2, 0.25) is 5.91 Å². The smallest absolute Gasteiger partial charge is 0.270 e. The number of nitrogens with zero attached hydrogens (tertiary/aromatic N) is 1. The summed E-state index contributed by atoms with van der Waals surface area (Å²) < 4.78 is 5.46. The highest BCUT2D eigenvalue weighted by Gasteiger charge is 2.10. The van der Waals surface area contributed by atoms with Gasteiger partial charge in [-0.1, -0.05) is 34.8 Å². The van der Waals surface area contributed by atoms with Crippen LogP contribution in [-0.4, -0.2) is 35.9 Å². The minimum absolute atomic E-state index is 0.0788. The molecule has 1 aromatic heterocycles. The average molecular weight is 460 g/mol. The van der Waals surface area contributed by atoms with Crippen molar-refractivity contribution in [3.8, 4) is 5.75 Å². The molecule has 0 unspecified atom stereocenters. The molecule has 3 N–H and O–H groups in total. The van der Waals surface area contributed by atoms with Crippen LogP contribution in [0.4, 0.5) is 0 Å². The SMILES string of the molecule is O=C(CCCOc1ccc(Cl)cc1Cl)NNC(=O)CNC(=O)c1cc(Cl)ccn1. The van der Waals surface area contributed by atoms with Gasteiger partial charge in [-0.2, -0.15) is 0 Å². The number of halogens is 3. The lowest BCUT2D eigenvalue weighted by Crippen LogP contribution is -2.46. The topological polar surface area (TPSA) is 109 Å². The number of nitrogens with one attached hydrogen (secondary N) is 3. The summed E-state index contributed by atoms with van der Waals surface area (Å²) in [7, 11) is 0. The van der Waals surface area contributed by atoms with E-state index >= 15 is 0 Å². The van der Waals surface area contributed by atoms with E-state index in [1.54, 1.807) is 18.2 Å². The average Bonchev–Trinajstić information content (AvgIpc) is 2.69. The molecular formula is C18H17Cl3N4O4. The predicted octanol–water partition coefficient (Wildman–Crippen LogP) is 2.78. The Labute approximate surface area is 181 Å². The van der Waals surface area contributed by atoms with E-state index in [1.807, 2.05) is 0 Å². The van der Waals surface area contributed by atoms with E-state index in [1.165, 1.54) is 18.3 Å². The first-order chi connectivity index (χ1) is 13.8. The number of ether oxygens (including phenoxy) is 1. The van der Waals surface area contributed by atoms with E-state index in [0.717, 1.165) is 0 Å². The molecule has 0 bridgehead atoms. The summed E-state index contributed by atoms with van der Waals surface area (Å²) in [6.07, 6.45) is 1.89. The highest BCUT2D eigenvalue weighted by Crippen LogP contribution is 2.27. The van der Waals surface area contributed by atoms with Crippen molar-refractivity contribution in [2.45, 2.75) is 12.8 Å². The van der Waals surface area contributed by atoms with Crippen molar-refractivity contribution >= 4 is 52.5 Å². The third-order valence-corrected chi connectivity index (χ3v) is 4.17. The van der Waals surface area contributed by atoms with Gasteiger partial charge in [0, 0.05) is 22.7 Å². The highest BCUT2D eigenvalue weighted by atomic mass is 35.5. The van der Waals surface area contributed by atoms with Gasteiger partial charge in [0.25, 0.3) is 11.8 Å². The minimum Gasteiger partial charge on any atom is -0.492 e. The maximum absolute atomic E-state index is 11.8. The van der Waals surface area contributed by atoms with Gasteiger partial charge in [0.1, 0.15) is 11.4 Å². The minimum atomic E-state index is -0.599. The van der Waals surface area contributed by atoms with Crippen LogP contribution in [0.3, 0.4) is 0 Å². The first kappa shape index (κ1) is 22.7. The van der Waals surface area contributed by atoms with Crippen LogP contribution < -0.4 is 20.9 Å². The normalized spacial score (nSPS) is 10.2.